The van der Waals surface area contributed by atoms with Gasteiger partial charge in [0.1, 0.15) is 5.60 Å². The Balaban J connectivity index is 1.59. The fourth-order valence-corrected chi connectivity index (χ4v) is 3.72. The number of piperidine rings is 1. The van der Waals surface area contributed by atoms with E-state index in [0.29, 0.717) is 5.41 Å². The Bertz CT molecular complexity index is 365. The SMILES string of the molecule is CC(C)(C)OC(=O)N1CC2(CCNCC2C2CC2)C1. The number of likely N-dealkylation sites (tertiary alicyclic amines) is 1. The number of amides is 1. The monoisotopic (exact) mass is 266 g/mol. The first-order valence-electron chi connectivity index (χ1n) is 7.58. The van der Waals surface area contributed by atoms with E-state index in [1.807, 2.05) is 25.7 Å². The molecule has 1 spiro atoms. The van der Waals surface area contributed by atoms with Crippen molar-refractivity contribution in [3.63, 3.8) is 0 Å². The molecule has 2 heterocycles. The minimum atomic E-state index is -0.385. The first-order chi connectivity index (χ1) is 8.90. The van der Waals surface area contributed by atoms with Gasteiger partial charge in [0.05, 0.1) is 0 Å². The summed E-state index contributed by atoms with van der Waals surface area (Å²) in [6.45, 7) is 9.85. The van der Waals surface area contributed by atoms with Crippen LogP contribution < -0.4 is 5.32 Å². The van der Waals surface area contributed by atoms with Crippen LogP contribution in [-0.2, 0) is 4.74 Å². The third-order valence-corrected chi connectivity index (χ3v) is 4.80. The number of rotatable bonds is 1. The molecule has 1 atom stereocenters. The maximum absolute atomic E-state index is 12.0. The van der Waals surface area contributed by atoms with Crippen LogP contribution in [-0.4, -0.2) is 42.8 Å². The molecular formula is C15H26N2O2. The average molecular weight is 266 g/mol. The molecule has 19 heavy (non-hydrogen) atoms. The van der Waals surface area contributed by atoms with E-state index >= 15 is 0 Å². The van der Waals surface area contributed by atoms with Gasteiger partial charge in [0.15, 0.2) is 0 Å². The molecule has 2 aliphatic heterocycles. The highest BCUT2D eigenvalue weighted by molar-refractivity contribution is 5.69. The largest absolute Gasteiger partial charge is 0.444 e. The molecule has 0 bridgehead atoms. The summed E-state index contributed by atoms with van der Waals surface area (Å²) in [7, 11) is 0. The standard InChI is InChI=1S/C15H26N2O2/c1-14(2,3)19-13(18)17-9-15(10-17)6-7-16-8-12(15)11-4-5-11/h11-12,16H,4-10H2,1-3H3. The van der Waals surface area contributed by atoms with Crippen LogP contribution in [0.5, 0.6) is 0 Å². The first-order valence-corrected chi connectivity index (χ1v) is 7.58. The molecule has 4 heteroatoms. The van der Waals surface area contributed by atoms with Crippen molar-refractivity contribution in [2.45, 2.75) is 45.6 Å². The molecule has 0 aromatic rings. The van der Waals surface area contributed by atoms with Crippen molar-refractivity contribution in [3.8, 4) is 0 Å². The molecule has 3 rings (SSSR count). The molecule has 0 aromatic heterocycles. The Morgan fingerprint density at radius 1 is 1.32 bits per heavy atom. The fourth-order valence-electron chi connectivity index (χ4n) is 3.72. The van der Waals surface area contributed by atoms with Gasteiger partial charge in [-0.1, -0.05) is 0 Å². The van der Waals surface area contributed by atoms with Gasteiger partial charge in [-0.3, -0.25) is 0 Å². The highest BCUT2D eigenvalue weighted by Crippen LogP contribution is 2.52. The van der Waals surface area contributed by atoms with Crippen molar-refractivity contribution in [3.05, 3.63) is 0 Å². The van der Waals surface area contributed by atoms with Crippen molar-refractivity contribution in [2.24, 2.45) is 17.3 Å². The second kappa shape index (κ2) is 4.37. The van der Waals surface area contributed by atoms with Gasteiger partial charge in [0.25, 0.3) is 0 Å². The van der Waals surface area contributed by atoms with E-state index in [1.165, 1.54) is 19.3 Å². The number of carbonyl (C=O) groups excluding carboxylic acids is 1. The summed E-state index contributed by atoms with van der Waals surface area (Å²) in [5.41, 5.74) is 0.00711. The summed E-state index contributed by atoms with van der Waals surface area (Å²) in [6.07, 6.45) is 3.86. The lowest BCUT2D eigenvalue weighted by molar-refractivity contribution is -0.0781. The topological polar surface area (TPSA) is 41.6 Å². The Morgan fingerprint density at radius 3 is 2.58 bits per heavy atom. The van der Waals surface area contributed by atoms with Crippen LogP contribution in [0.25, 0.3) is 0 Å². The van der Waals surface area contributed by atoms with E-state index in [9.17, 15) is 4.79 Å². The predicted octanol–water partition coefficient (Wildman–Crippen LogP) is 2.24. The molecule has 0 aromatic carbocycles. The van der Waals surface area contributed by atoms with Crippen LogP contribution in [0, 0.1) is 17.3 Å². The number of ether oxygens (including phenoxy) is 1. The minimum absolute atomic E-state index is 0.133. The Hall–Kier alpha value is -0.770. The molecule has 2 saturated heterocycles. The van der Waals surface area contributed by atoms with Gasteiger partial charge in [-0.2, -0.15) is 0 Å². The molecular weight excluding hydrogens is 240 g/mol. The molecule has 108 valence electrons. The van der Waals surface area contributed by atoms with Gasteiger partial charge < -0.3 is 15.0 Å². The number of nitrogens with zero attached hydrogens (tertiary/aromatic N) is 1. The van der Waals surface area contributed by atoms with E-state index in [4.69, 9.17) is 4.74 Å². The van der Waals surface area contributed by atoms with Gasteiger partial charge >= 0.3 is 6.09 Å². The zero-order chi connectivity index (χ0) is 13.7. The Kier molecular flexibility index (Phi) is 3.04. The molecule has 1 saturated carbocycles. The van der Waals surface area contributed by atoms with Gasteiger partial charge in [-0.15, -0.1) is 0 Å². The fraction of sp³-hybridized carbons (Fsp3) is 0.933. The normalized spacial score (nSPS) is 30.1. The lowest BCUT2D eigenvalue weighted by atomic mass is 9.63. The van der Waals surface area contributed by atoms with E-state index in [-0.39, 0.29) is 11.7 Å². The molecule has 1 unspecified atom stereocenters. The third-order valence-electron chi connectivity index (χ3n) is 4.80. The number of hydrogen-bond acceptors (Lipinski definition) is 3. The second-order valence-electron chi connectivity index (χ2n) is 7.60. The van der Waals surface area contributed by atoms with Crippen LogP contribution in [0.3, 0.4) is 0 Å². The van der Waals surface area contributed by atoms with Gasteiger partial charge in [0.2, 0.25) is 0 Å². The third kappa shape index (κ3) is 2.60. The average Bonchev–Trinajstić information content (AvgIpc) is 3.06. The summed E-state index contributed by atoms with van der Waals surface area (Å²) in [6, 6.07) is 0. The highest BCUT2D eigenvalue weighted by atomic mass is 16.6. The van der Waals surface area contributed by atoms with E-state index < -0.39 is 0 Å². The Morgan fingerprint density at radius 2 is 2.00 bits per heavy atom. The zero-order valence-electron chi connectivity index (χ0n) is 12.4. The number of hydrogen-bond donors (Lipinski definition) is 1. The van der Waals surface area contributed by atoms with Crippen LogP contribution in [0.4, 0.5) is 4.79 Å². The van der Waals surface area contributed by atoms with Crippen LogP contribution in [0.2, 0.25) is 0 Å². The molecule has 3 fully saturated rings. The quantitative estimate of drug-likeness (QED) is 0.791. The maximum atomic E-state index is 12.0. The van der Waals surface area contributed by atoms with Crippen LogP contribution in [0.1, 0.15) is 40.0 Å². The lowest BCUT2D eigenvalue weighted by Gasteiger charge is -2.56. The van der Waals surface area contributed by atoms with Crippen molar-refractivity contribution in [2.75, 3.05) is 26.2 Å². The maximum Gasteiger partial charge on any atom is 0.410 e. The summed E-state index contributed by atoms with van der Waals surface area (Å²) in [5.74, 6) is 1.69. The van der Waals surface area contributed by atoms with Gasteiger partial charge in [-0.25, -0.2) is 4.79 Å². The number of carbonyl (C=O) groups is 1. The summed E-state index contributed by atoms with van der Waals surface area (Å²) < 4.78 is 5.46. The van der Waals surface area contributed by atoms with E-state index in [0.717, 1.165) is 38.0 Å². The second-order valence-corrected chi connectivity index (χ2v) is 7.60. The predicted molar refractivity (Wildman–Crippen MR) is 73.9 cm³/mol. The van der Waals surface area contributed by atoms with Crippen LogP contribution >= 0.6 is 0 Å². The van der Waals surface area contributed by atoms with Crippen LogP contribution in [0.15, 0.2) is 0 Å². The summed E-state index contributed by atoms with van der Waals surface area (Å²) in [5, 5.41) is 3.53. The van der Waals surface area contributed by atoms with Gasteiger partial charge in [0, 0.05) is 18.5 Å². The molecule has 1 amide bonds. The first kappa shape index (κ1) is 13.2. The van der Waals surface area contributed by atoms with Crippen molar-refractivity contribution in [1.82, 2.24) is 10.2 Å². The minimum Gasteiger partial charge on any atom is -0.444 e. The molecule has 4 nitrogen and oxygen atoms in total. The highest BCUT2D eigenvalue weighted by Gasteiger charge is 2.55. The van der Waals surface area contributed by atoms with Crippen molar-refractivity contribution in [1.29, 1.82) is 0 Å². The van der Waals surface area contributed by atoms with E-state index in [1.54, 1.807) is 0 Å². The smallest absolute Gasteiger partial charge is 0.410 e. The number of nitrogens with one attached hydrogen (secondary N) is 1. The molecule has 1 aliphatic carbocycles. The lowest BCUT2D eigenvalue weighted by Crippen LogP contribution is -2.66. The van der Waals surface area contributed by atoms with Gasteiger partial charge in [-0.05, 0) is 65.0 Å². The summed E-state index contributed by atoms with van der Waals surface area (Å²) in [4.78, 5) is 13.9. The molecule has 3 aliphatic rings. The van der Waals surface area contributed by atoms with Crippen molar-refractivity contribution >= 4 is 6.09 Å². The zero-order valence-corrected chi connectivity index (χ0v) is 12.4. The van der Waals surface area contributed by atoms with E-state index in [2.05, 4.69) is 5.32 Å². The van der Waals surface area contributed by atoms with Crippen molar-refractivity contribution < 1.29 is 9.53 Å². The molecule has 0 radical (unpaired) electrons. The summed E-state index contributed by atoms with van der Waals surface area (Å²) >= 11 is 0. The Labute approximate surface area is 115 Å². The molecule has 1 N–H and O–H groups in total.